The van der Waals surface area contributed by atoms with E-state index in [4.69, 9.17) is 0 Å². The van der Waals surface area contributed by atoms with E-state index in [0.717, 1.165) is 13.1 Å². The lowest BCUT2D eigenvalue weighted by Crippen LogP contribution is -2.58. The molecule has 0 saturated carbocycles. The number of nitrogens with one attached hydrogen (secondary N) is 1. The number of piperazine rings is 1. The van der Waals surface area contributed by atoms with Crippen LogP contribution in [0.25, 0.3) is 0 Å². The summed E-state index contributed by atoms with van der Waals surface area (Å²) < 4.78 is 0. The first-order chi connectivity index (χ1) is 8.61. The first-order valence-electron chi connectivity index (χ1n) is 7.03. The highest BCUT2D eigenvalue weighted by atomic mass is 15.2. The Labute approximate surface area is 111 Å². The predicted molar refractivity (Wildman–Crippen MR) is 77.0 cm³/mol. The molecule has 1 aromatic heterocycles. The van der Waals surface area contributed by atoms with Gasteiger partial charge in [-0.3, -0.25) is 4.98 Å². The van der Waals surface area contributed by atoms with E-state index < -0.39 is 0 Å². The number of hydrogen-bond acceptors (Lipinski definition) is 3. The van der Waals surface area contributed by atoms with Crippen molar-refractivity contribution in [2.75, 3.05) is 18.0 Å². The van der Waals surface area contributed by atoms with Crippen LogP contribution < -0.4 is 10.2 Å². The molecule has 0 radical (unpaired) electrons. The van der Waals surface area contributed by atoms with Crippen LogP contribution in [0.5, 0.6) is 0 Å². The van der Waals surface area contributed by atoms with E-state index in [2.05, 4.69) is 49.0 Å². The molecule has 0 bridgehead atoms. The number of rotatable bonds is 3. The maximum atomic E-state index is 4.34. The molecule has 1 fully saturated rings. The van der Waals surface area contributed by atoms with E-state index in [1.54, 1.807) is 0 Å². The van der Waals surface area contributed by atoms with E-state index in [0.29, 0.717) is 18.0 Å². The highest BCUT2D eigenvalue weighted by Gasteiger charge is 2.29. The van der Waals surface area contributed by atoms with Crippen LogP contribution >= 0.6 is 0 Å². The van der Waals surface area contributed by atoms with Crippen molar-refractivity contribution in [2.45, 2.75) is 46.2 Å². The zero-order valence-corrected chi connectivity index (χ0v) is 12.0. The summed E-state index contributed by atoms with van der Waals surface area (Å²) in [5.41, 5.74) is 2.51. The van der Waals surface area contributed by atoms with Crippen LogP contribution in [0.15, 0.2) is 18.5 Å². The van der Waals surface area contributed by atoms with Crippen LogP contribution in [0.2, 0.25) is 0 Å². The summed E-state index contributed by atoms with van der Waals surface area (Å²) in [6.45, 7) is 11.1. The molecule has 2 atom stereocenters. The van der Waals surface area contributed by atoms with Gasteiger partial charge in [0.1, 0.15) is 0 Å². The van der Waals surface area contributed by atoms with E-state index in [1.165, 1.54) is 17.7 Å². The first kappa shape index (κ1) is 13.3. The zero-order valence-electron chi connectivity index (χ0n) is 12.0. The van der Waals surface area contributed by atoms with Crippen molar-refractivity contribution in [1.29, 1.82) is 0 Å². The summed E-state index contributed by atoms with van der Waals surface area (Å²) in [4.78, 5) is 6.88. The van der Waals surface area contributed by atoms with Crippen LogP contribution in [0.3, 0.4) is 0 Å². The Balaban J connectivity index is 2.24. The molecule has 3 heteroatoms. The molecule has 2 heterocycles. The Morgan fingerprint density at radius 1 is 1.44 bits per heavy atom. The molecular formula is C15H25N3. The second-order valence-electron chi connectivity index (χ2n) is 5.70. The van der Waals surface area contributed by atoms with Crippen molar-refractivity contribution >= 4 is 5.69 Å². The minimum atomic E-state index is 0.566. The Hall–Kier alpha value is -1.09. The zero-order chi connectivity index (χ0) is 13.1. The summed E-state index contributed by atoms with van der Waals surface area (Å²) >= 11 is 0. The van der Waals surface area contributed by atoms with E-state index in [1.807, 2.05) is 12.4 Å². The number of pyridine rings is 1. The van der Waals surface area contributed by atoms with Gasteiger partial charge in [-0.05, 0) is 30.9 Å². The SMILES string of the molecule is CCC1CN(c2cncc(C)c2)C(C(C)C)CN1. The summed E-state index contributed by atoms with van der Waals surface area (Å²) in [6, 6.07) is 3.41. The average molecular weight is 247 g/mol. The number of aryl methyl sites for hydroxylation is 1. The fraction of sp³-hybridized carbons (Fsp3) is 0.667. The second-order valence-corrected chi connectivity index (χ2v) is 5.70. The first-order valence-corrected chi connectivity index (χ1v) is 7.03. The maximum absolute atomic E-state index is 4.34. The van der Waals surface area contributed by atoms with E-state index in [9.17, 15) is 0 Å². The van der Waals surface area contributed by atoms with Gasteiger partial charge in [-0.15, -0.1) is 0 Å². The van der Waals surface area contributed by atoms with Gasteiger partial charge in [0.15, 0.2) is 0 Å². The molecule has 1 aromatic rings. The minimum absolute atomic E-state index is 0.566. The van der Waals surface area contributed by atoms with E-state index in [-0.39, 0.29) is 0 Å². The van der Waals surface area contributed by atoms with Crippen molar-refractivity contribution in [3.05, 3.63) is 24.0 Å². The lowest BCUT2D eigenvalue weighted by atomic mass is 9.97. The number of aromatic nitrogens is 1. The standard InChI is InChI=1S/C15H25N3/c1-5-13-10-18(15(9-17-13)11(2)3)14-6-12(4)7-16-8-14/h6-8,11,13,15,17H,5,9-10H2,1-4H3. The number of nitrogens with zero attached hydrogens (tertiary/aromatic N) is 2. The molecule has 2 unspecified atom stereocenters. The maximum Gasteiger partial charge on any atom is 0.0558 e. The number of anilines is 1. The van der Waals surface area contributed by atoms with Gasteiger partial charge in [0.25, 0.3) is 0 Å². The molecule has 1 aliphatic rings. The monoisotopic (exact) mass is 247 g/mol. The summed E-state index contributed by atoms with van der Waals surface area (Å²) in [5.74, 6) is 0.649. The van der Waals surface area contributed by atoms with Crippen LogP contribution in [0, 0.1) is 12.8 Å². The van der Waals surface area contributed by atoms with Crippen LogP contribution in [-0.2, 0) is 0 Å². The van der Waals surface area contributed by atoms with Gasteiger partial charge in [0, 0.05) is 31.4 Å². The predicted octanol–water partition coefficient (Wildman–Crippen LogP) is 2.60. The third-order valence-electron chi connectivity index (χ3n) is 3.89. The molecule has 100 valence electrons. The minimum Gasteiger partial charge on any atom is -0.364 e. The van der Waals surface area contributed by atoms with Crippen LogP contribution in [-0.4, -0.2) is 30.2 Å². The molecule has 18 heavy (non-hydrogen) atoms. The molecule has 3 nitrogen and oxygen atoms in total. The molecule has 2 rings (SSSR count). The summed E-state index contributed by atoms with van der Waals surface area (Å²) in [7, 11) is 0. The molecule has 1 N–H and O–H groups in total. The average Bonchev–Trinajstić information content (AvgIpc) is 2.38. The van der Waals surface area contributed by atoms with Crippen molar-refractivity contribution < 1.29 is 0 Å². The van der Waals surface area contributed by atoms with Gasteiger partial charge in [0.2, 0.25) is 0 Å². The van der Waals surface area contributed by atoms with Crippen LogP contribution in [0.4, 0.5) is 5.69 Å². The summed E-state index contributed by atoms with van der Waals surface area (Å²) in [5, 5.41) is 3.65. The molecule has 0 aromatic carbocycles. The van der Waals surface area contributed by atoms with Gasteiger partial charge in [-0.25, -0.2) is 0 Å². The smallest absolute Gasteiger partial charge is 0.0558 e. The fourth-order valence-corrected chi connectivity index (χ4v) is 2.70. The molecule has 0 aliphatic carbocycles. The van der Waals surface area contributed by atoms with Crippen molar-refractivity contribution in [3.63, 3.8) is 0 Å². The highest BCUT2D eigenvalue weighted by Crippen LogP contribution is 2.24. The molecular weight excluding hydrogens is 222 g/mol. The van der Waals surface area contributed by atoms with Crippen molar-refractivity contribution in [3.8, 4) is 0 Å². The van der Waals surface area contributed by atoms with Gasteiger partial charge < -0.3 is 10.2 Å². The molecule has 1 aliphatic heterocycles. The Bertz CT molecular complexity index is 389. The molecule has 0 spiro atoms. The highest BCUT2D eigenvalue weighted by molar-refractivity contribution is 5.48. The van der Waals surface area contributed by atoms with Gasteiger partial charge in [-0.2, -0.15) is 0 Å². The van der Waals surface area contributed by atoms with Gasteiger partial charge in [-0.1, -0.05) is 20.8 Å². The van der Waals surface area contributed by atoms with Gasteiger partial charge in [0.05, 0.1) is 11.9 Å². The third kappa shape index (κ3) is 2.83. The Morgan fingerprint density at radius 2 is 2.22 bits per heavy atom. The fourth-order valence-electron chi connectivity index (χ4n) is 2.70. The largest absolute Gasteiger partial charge is 0.364 e. The molecule has 1 saturated heterocycles. The number of hydrogen-bond donors (Lipinski definition) is 1. The molecule has 0 amide bonds. The van der Waals surface area contributed by atoms with Gasteiger partial charge >= 0.3 is 0 Å². The Morgan fingerprint density at radius 3 is 2.83 bits per heavy atom. The Kier molecular flexibility index (Phi) is 4.23. The lowest BCUT2D eigenvalue weighted by molar-refractivity contribution is 0.333. The lowest BCUT2D eigenvalue weighted by Gasteiger charge is -2.43. The second kappa shape index (κ2) is 5.70. The van der Waals surface area contributed by atoms with Crippen molar-refractivity contribution in [1.82, 2.24) is 10.3 Å². The van der Waals surface area contributed by atoms with E-state index >= 15 is 0 Å². The van der Waals surface area contributed by atoms with Crippen LogP contribution in [0.1, 0.15) is 32.8 Å². The van der Waals surface area contributed by atoms with Crippen molar-refractivity contribution in [2.24, 2.45) is 5.92 Å². The summed E-state index contributed by atoms with van der Waals surface area (Å²) in [6.07, 6.45) is 5.11. The topological polar surface area (TPSA) is 28.2 Å². The quantitative estimate of drug-likeness (QED) is 0.890. The third-order valence-corrected chi connectivity index (χ3v) is 3.89. The normalized spacial score (nSPS) is 24.6.